The van der Waals surface area contributed by atoms with Gasteiger partial charge in [-0.1, -0.05) is 72.8 Å². The Labute approximate surface area is 223 Å². The second-order valence-corrected chi connectivity index (χ2v) is 9.18. The number of carboxylic acids is 1. The summed E-state index contributed by atoms with van der Waals surface area (Å²) in [5, 5.41) is 14.6. The maximum absolute atomic E-state index is 13.8. The maximum atomic E-state index is 13.8. The number of nitrogens with one attached hydrogen (secondary N) is 3. The minimum atomic E-state index is -1.30. The second-order valence-electron chi connectivity index (χ2n) is 9.18. The standard InChI is InChI=1S/C29H28N4O6/c1-18(28(37)38)30-25(34)23(16-19-10-4-2-5-11-19)31-26(35)24(17-20-12-6-3-7-13-20)33-27(36)21-14-8-9-15-22(21)32-29(33)39/h2-15,18,23-24H,16-17H2,1H3,(H,30,34)(H,31,35)(H,32,39)(H,37,38)/t18-,23+,24+/m1/s1. The molecule has 10 heteroatoms. The van der Waals surface area contributed by atoms with Crippen molar-refractivity contribution in [2.75, 3.05) is 0 Å². The van der Waals surface area contributed by atoms with Crippen LogP contribution in [0.15, 0.2) is 94.5 Å². The van der Waals surface area contributed by atoms with Gasteiger partial charge in [-0.3, -0.25) is 19.2 Å². The normalized spacial score (nSPS) is 13.3. The number of fused-ring (bicyclic) bond motifs is 1. The molecule has 3 atom stereocenters. The van der Waals surface area contributed by atoms with Crippen LogP contribution in [-0.4, -0.2) is 44.5 Å². The molecule has 4 aromatic rings. The number of hydrogen-bond donors (Lipinski definition) is 4. The third-order valence-corrected chi connectivity index (χ3v) is 6.37. The summed E-state index contributed by atoms with van der Waals surface area (Å²) in [4.78, 5) is 67.4. The zero-order valence-electron chi connectivity index (χ0n) is 21.2. The summed E-state index contributed by atoms with van der Waals surface area (Å²) in [7, 11) is 0. The van der Waals surface area contributed by atoms with Gasteiger partial charge in [0.25, 0.3) is 5.56 Å². The minimum absolute atomic E-state index is 0.000789. The third kappa shape index (κ3) is 6.48. The Balaban J connectivity index is 1.74. The van der Waals surface area contributed by atoms with Crippen LogP contribution in [0.2, 0.25) is 0 Å². The van der Waals surface area contributed by atoms with Gasteiger partial charge in [0, 0.05) is 12.8 Å². The molecule has 1 heterocycles. The zero-order chi connectivity index (χ0) is 27.9. The molecule has 0 saturated heterocycles. The molecule has 0 aliphatic heterocycles. The van der Waals surface area contributed by atoms with Crippen molar-refractivity contribution in [2.45, 2.75) is 37.9 Å². The summed E-state index contributed by atoms with van der Waals surface area (Å²) in [6.45, 7) is 1.31. The van der Waals surface area contributed by atoms with Crippen LogP contribution in [0.3, 0.4) is 0 Å². The van der Waals surface area contributed by atoms with Crippen LogP contribution in [0.25, 0.3) is 10.9 Å². The number of nitrogens with zero attached hydrogens (tertiary/aromatic N) is 1. The van der Waals surface area contributed by atoms with E-state index in [1.54, 1.807) is 84.9 Å². The highest BCUT2D eigenvalue weighted by molar-refractivity contribution is 5.91. The molecule has 4 rings (SSSR count). The third-order valence-electron chi connectivity index (χ3n) is 6.37. The van der Waals surface area contributed by atoms with Crippen LogP contribution in [-0.2, 0) is 27.2 Å². The SMILES string of the molecule is C[C@@H](NC(=O)[C@H](Cc1ccccc1)NC(=O)[C@H](Cc1ccccc1)n1c(=O)[nH]c2ccccc2c1=O)C(=O)O. The van der Waals surface area contributed by atoms with Crippen LogP contribution in [0.1, 0.15) is 24.1 Å². The number of para-hydroxylation sites is 1. The Morgan fingerprint density at radius 2 is 1.36 bits per heavy atom. The molecule has 3 aromatic carbocycles. The van der Waals surface area contributed by atoms with Gasteiger partial charge in [-0.15, -0.1) is 0 Å². The van der Waals surface area contributed by atoms with Gasteiger partial charge < -0.3 is 20.7 Å². The molecule has 0 unspecified atom stereocenters. The Hall–Kier alpha value is -4.99. The number of aromatic amines is 1. The lowest BCUT2D eigenvalue weighted by Crippen LogP contribution is -2.54. The summed E-state index contributed by atoms with van der Waals surface area (Å²) in [6.07, 6.45) is 0.0605. The van der Waals surface area contributed by atoms with Crippen LogP contribution in [0.4, 0.5) is 0 Å². The topological polar surface area (TPSA) is 150 Å². The number of carbonyl (C=O) groups is 3. The van der Waals surface area contributed by atoms with E-state index >= 15 is 0 Å². The lowest BCUT2D eigenvalue weighted by molar-refractivity contribution is -0.141. The predicted octanol–water partition coefficient (Wildman–Crippen LogP) is 1.79. The van der Waals surface area contributed by atoms with Crippen molar-refractivity contribution >= 4 is 28.7 Å². The van der Waals surface area contributed by atoms with E-state index in [2.05, 4.69) is 15.6 Å². The monoisotopic (exact) mass is 528 g/mol. The zero-order valence-corrected chi connectivity index (χ0v) is 21.2. The second kappa shape index (κ2) is 12.0. The largest absolute Gasteiger partial charge is 0.480 e. The van der Waals surface area contributed by atoms with Gasteiger partial charge in [0.2, 0.25) is 11.8 Å². The van der Waals surface area contributed by atoms with Crippen LogP contribution in [0, 0.1) is 0 Å². The van der Waals surface area contributed by atoms with E-state index in [1.165, 1.54) is 6.92 Å². The van der Waals surface area contributed by atoms with Crippen molar-refractivity contribution in [3.63, 3.8) is 0 Å². The predicted molar refractivity (Wildman–Crippen MR) is 145 cm³/mol. The van der Waals surface area contributed by atoms with Crippen molar-refractivity contribution in [1.82, 2.24) is 20.2 Å². The first kappa shape index (κ1) is 27.1. The number of hydrogen-bond acceptors (Lipinski definition) is 5. The Kier molecular flexibility index (Phi) is 8.35. The summed E-state index contributed by atoms with van der Waals surface area (Å²) in [6, 6.07) is 20.6. The number of rotatable bonds is 10. The number of benzene rings is 3. The highest BCUT2D eigenvalue weighted by Gasteiger charge is 2.30. The van der Waals surface area contributed by atoms with E-state index in [4.69, 9.17) is 0 Å². The van der Waals surface area contributed by atoms with E-state index in [1.807, 2.05) is 0 Å². The first-order valence-corrected chi connectivity index (χ1v) is 12.4. The molecular formula is C29H28N4O6. The molecule has 10 nitrogen and oxygen atoms in total. The van der Waals surface area contributed by atoms with Crippen molar-refractivity contribution in [3.8, 4) is 0 Å². The lowest BCUT2D eigenvalue weighted by Gasteiger charge is -2.24. The van der Waals surface area contributed by atoms with Crippen molar-refractivity contribution in [3.05, 3.63) is 117 Å². The molecule has 0 spiro atoms. The average molecular weight is 529 g/mol. The summed E-state index contributed by atoms with van der Waals surface area (Å²) in [5.74, 6) is -2.68. The molecule has 0 aliphatic rings. The van der Waals surface area contributed by atoms with E-state index < -0.39 is 47.2 Å². The first-order valence-electron chi connectivity index (χ1n) is 12.4. The van der Waals surface area contributed by atoms with E-state index in [0.717, 1.165) is 10.1 Å². The Morgan fingerprint density at radius 1 is 0.795 bits per heavy atom. The first-order chi connectivity index (χ1) is 18.7. The van der Waals surface area contributed by atoms with Crippen LogP contribution >= 0.6 is 0 Å². The van der Waals surface area contributed by atoms with Gasteiger partial charge in [0.1, 0.15) is 18.1 Å². The highest BCUT2D eigenvalue weighted by atomic mass is 16.4. The van der Waals surface area contributed by atoms with Gasteiger partial charge in [0.05, 0.1) is 10.9 Å². The van der Waals surface area contributed by atoms with E-state index in [-0.39, 0.29) is 18.2 Å². The number of aliphatic carboxylic acids is 1. The molecule has 4 N–H and O–H groups in total. The lowest BCUT2D eigenvalue weighted by atomic mass is 10.0. The maximum Gasteiger partial charge on any atom is 0.329 e. The van der Waals surface area contributed by atoms with Crippen molar-refractivity contribution in [1.29, 1.82) is 0 Å². The molecule has 200 valence electrons. The average Bonchev–Trinajstić information content (AvgIpc) is 2.93. The van der Waals surface area contributed by atoms with Crippen LogP contribution < -0.4 is 21.9 Å². The molecule has 0 bridgehead atoms. The molecule has 39 heavy (non-hydrogen) atoms. The molecular weight excluding hydrogens is 500 g/mol. The van der Waals surface area contributed by atoms with Gasteiger partial charge in [-0.25, -0.2) is 9.36 Å². The molecule has 0 aliphatic carbocycles. The van der Waals surface area contributed by atoms with Gasteiger partial charge in [-0.05, 0) is 30.2 Å². The Bertz CT molecular complexity index is 1600. The number of amides is 2. The van der Waals surface area contributed by atoms with Gasteiger partial charge in [0.15, 0.2) is 0 Å². The molecule has 0 saturated carbocycles. The molecule has 0 radical (unpaired) electrons. The van der Waals surface area contributed by atoms with E-state index in [9.17, 15) is 29.1 Å². The summed E-state index contributed by atoms with van der Waals surface area (Å²) >= 11 is 0. The quantitative estimate of drug-likeness (QED) is 0.246. The molecule has 0 fully saturated rings. The number of H-pyrrole nitrogens is 1. The smallest absolute Gasteiger partial charge is 0.329 e. The van der Waals surface area contributed by atoms with Gasteiger partial charge in [-0.2, -0.15) is 0 Å². The van der Waals surface area contributed by atoms with Gasteiger partial charge >= 0.3 is 11.7 Å². The number of carbonyl (C=O) groups excluding carboxylic acids is 2. The van der Waals surface area contributed by atoms with Crippen molar-refractivity contribution < 1.29 is 19.5 Å². The summed E-state index contributed by atoms with van der Waals surface area (Å²) < 4.78 is 0.863. The number of aromatic nitrogens is 2. The fourth-order valence-corrected chi connectivity index (χ4v) is 4.30. The fraction of sp³-hybridized carbons (Fsp3) is 0.207. The van der Waals surface area contributed by atoms with Crippen LogP contribution in [0.5, 0.6) is 0 Å². The molecule has 2 amide bonds. The van der Waals surface area contributed by atoms with Crippen molar-refractivity contribution in [2.24, 2.45) is 0 Å². The fourth-order valence-electron chi connectivity index (χ4n) is 4.30. The highest BCUT2D eigenvalue weighted by Crippen LogP contribution is 2.15. The summed E-state index contributed by atoms with van der Waals surface area (Å²) in [5.41, 5.74) is 0.348. The Morgan fingerprint density at radius 3 is 1.97 bits per heavy atom. The molecule has 1 aromatic heterocycles. The van der Waals surface area contributed by atoms with E-state index in [0.29, 0.717) is 11.1 Å². The number of carboxylic acid groups (broad SMARTS) is 1. The minimum Gasteiger partial charge on any atom is -0.480 e.